The Balaban J connectivity index is 2.16. The van der Waals surface area contributed by atoms with E-state index in [9.17, 15) is 9.59 Å². The number of H-pyrrole nitrogens is 1. The normalized spacial score (nSPS) is 10.5. The first-order valence-corrected chi connectivity index (χ1v) is 6.34. The van der Waals surface area contributed by atoms with Gasteiger partial charge >= 0.3 is 5.97 Å². The second-order valence-corrected chi connectivity index (χ2v) is 4.60. The summed E-state index contributed by atoms with van der Waals surface area (Å²) in [6, 6.07) is 2.80. The summed E-state index contributed by atoms with van der Waals surface area (Å²) in [5.41, 5.74) is 0.305. The predicted octanol–water partition coefficient (Wildman–Crippen LogP) is 2.23. The molecule has 0 fully saturated rings. The summed E-state index contributed by atoms with van der Waals surface area (Å²) in [5, 5.41) is 17.8. The van der Waals surface area contributed by atoms with Crippen molar-refractivity contribution in [2.45, 2.75) is 19.9 Å². The summed E-state index contributed by atoms with van der Waals surface area (Å²) in [4.78, 5) is 22.8. The molecule has 0 radical (unpaired) electrons. The molecule has 106 valence electrons. The number of carboxylic acid groups (broad SMARTS) is 1. The smallest absolute Gasteiger partial charge is 0.353 e. The van der Waals surface area contributed by atoms with Gasteiger partial charge < -0.3 is 15.0 Å². The van der Waals surface area contributed by atoms with E-state index in [1.54, 1.807) is 16.8 Å². The van der Waals surface area contributed by atoms with Gasteiger partial charge in [0.05, 0.1) is 5.02 Å². The summed E-state index contributed by atoms with van der Waals surface area (Å²) in [7, 11) is 0. The number of aryl methyl sites for hydroxylation is 1. The number of nitrogens with one attached hydrogen (secondary N) is 2. The van der Waals surface area contributed by atoms with Gasteiger partial charge in [-0.1, -0.05) is 18.5 Å². The van der Waals surface area contributed by atoms with Gasteiger partial charge in [0.25, 0.3) is 5.91 Å². The molecule has 7 nitrogen and oxygen atoms in total. The van der Waals surface area contributed by atoms with Crippen LogP contribution in [0.25, 0.3) is 0 Å². The van der Waals surface area contributed by atoms with Crippen LogP contribution in [0.15, 0.2) is 18.3 Å². The summed E-state index contributed by atoms with van der Waals surface area (Å²) in [6.07, 6.45) is 2.53. The van der Waals surface area contributed by atoms with Crippen molar-refractivity contribution in [1.29, 1.82) is 0 Å². The number of hydrogen-bond donors (Lipinski definition) is 3. The number of carbonyl (C=O) groups excluding carboxylic acids is 1. The summed E-state index contributed by atoms with van der Waals surface area (Å²) in [5.74, 6) is -1.39. The molecule has 3 N–H and O–H groups in total. The standard InChI is InChI=1S/C12H13ClN4O3/c1-2-3-17-6-7(13)4-9(17)11(18)14-10-5-8(12(19)20)15-16-10/h4-6H,2-3H2,1H3,(H,19,20)(H2,14,15,16,18). The molecule has 0 aliphatic carbocycles. The second-order valence-electron chi connectivity index (χ2n) is 4.16. The molecule has 1 amide bonds. The molecule has 0 aliphatic rings. The number of amides is 1. The van der Waals surface area contributed by atoms with Gasteiger partial charge in [-0.15, -0.1) is 0 Å². The number of aromatic carboxylic acids is 1. The molecular weight excluding hydrogens is 284 g/mol. The van der Waals surface area contributed by atoms with Gasteiger partial charge in [0.2, 0.25) is 0 Å². The maximum atomic E-state index is 12.1. The number of carbonyl (C=O) groups is 2. The van der Waals surface area contributed by atoms with Crippen molar-refractivity contribution in [2.75, 3.05) is 5.32 Å². The highest BCUT2D eigenvalue weighted by atomic mass is 35.5. The zero-order valence-corrected chi connectivity index (χ0v) is 11.4. The van der Waals surface area contributed by atoms with Gasteiger partial charge in [-0.3, -0.25) is 9.89 Å². The largest absolute Gasteiger partial charge is 0.477 e. The molecule has 0 saturated heterocycles. The van der Waals surface area contributed by atoms with Crippen molar-refractivity contribution in [3.8, 4) is 0 Å². The molecule has 0 saturated carbocycles. The zero-order chi connectivity index (χ0) is 14.7. The number of carboxylic acids is 1. The topological polar surface area (TPSA) is 100 Å². The molecule has 0 atom stereocenters. The lowest BCUT2D eigenvalue weighted by atomic mass is 10.3. The zero-order valence-electron chi connectivity index (χ0n) is 10.7. The second kappa shape index (κ2) is 5.79. The van der Waals surface area contributed by atoms with Crippen molar-refractivity contribution in [1.82, 2.24) is 14.8 Å². The molecule has 20 heavy (non-hydrogen) atoms. The minimum Gasteiger partial charge on any atom is -0.477 e. The first-order chi connectivity index (χ1) is 9.51. The van der Waals surface area contributed by atoms with Crippen LogP contribution in [0.5, 0.6) is 0 Å². The number of nitrogens with zero attached hydrogens (tertiary/aromatic N) is 2. The van der Waals surface area contributed by atoms with E-state index in [2.05, 4.69) is 15.5 Å². The molecular formula is C12H13ClN4O3. The Hall–Kier alpha value is -2.28. The van der Waals surface area contributed by atoms with Gasteiger partial charge in [-0.25, -0.2) is 4.79 Å². The van der Waals surface area contributed by atoms with Crippen molar-refractivity contribution < 1.29 is 14.7 Å². The van der Waals surface area contributed by atoms with Crippen LogP contribution >= 0.6 is 11.6 Å². The Morgan fingerprint density at radius 1 is 1.50 bits per heavy atom. The van der Waals surface area contributed by atoms with E-state index < -0.39 is 11.9 Å². The fourth-order valence-electron chi connectivity index (χ4n) is 1.77. The molecule has 0 aromatic carbocycles. The van der Waals surface area contributed by atoms with E-state index in [0.29, 0.717) is 17.3 Å². The highest BCUT2D eigenvalue weighted by molar-refractivity contribution is 6.31. The average Bonchev–Trinajstić information content (AvgIpc) is 2.97. The van der Waals surface area contributed by atoms with Gasteiger partial charge in [-0.2, -0.15) is 5.10 Å². The lowest BCUT2D eigenvalue weighted by molar-refractivity contribution is 0.0690. The molecule has 0 bridgehead atoms. The quantitative estimate of drug-likeness (QED) is 0.787. The third-order valence-electron chi connectivity index (χ3n) is 2.61. The van der Waals surface area contributed by atoms with Crippen LogP contribution in [-0.4, -0.2) is 31.7 Å². The van der Waals surface area contributed by atoms with Gasteiger partial charge in [0.15, 0.2) is 5.82 Å². The van der Waals surface area contributed by atoms with Crippen LogP contribution in [0.4, 0.5) is 5.82 Å². The average molecular weight is 297 g/mol. The van der Waals surface area contributed by atoms with Crippen LogP contribution in [0.2, 0.25) is 5.02 Å². The Morgan fingerprint density at radius 3 is 2.85 bits per heavy atom. The van der Waals surface area contributed by atoms with E-state index in [1.165, 1.54) is 6.07 Å². The molecule has 0 aliphatic heterocycles. The van der Waals surface area contributed by atoms with Crippen LogP contribution in [0.1, 0.15) is 34.3 Å². The van der Waals surface area contributed by atoms with Gasteiger partial charge in [0.1, 0.15) is 11.4 Å². The minimum absolute atomic E-state index is 0.0951. The summed E-state index contributed by atoms with van der Waals surface area (Å²) in [6.45, 7) is 2.65. The van der Waals surface area contributed by atoms with Crippen LogP contribution in [0.3, 0.4) is 0 Å². The van der Waals surface area contributed by atoms with Crippen LogP contribution in [0, 0.1) is 0 Å². The fraction of sp³-hybridized carbons (Fsp3) is 0.250. The van der Waals surface area contributed by atoms with Gasteiger partial charge in [-0.05, 0) is 12.5 Å². The summed E-state index contributed by atoms with van der Waals surface area (Å²) >= 11 is 5.89. The molecule has 2 rings (SSSR count). The molecule has 2 aromatic heterocycles. The highest BCUT2D eigenvalue weighted by Gasteiger charge is 2.15. The van der Waals surface area contributed by atoms with E-state index in [0.717, 1.165) is 6.42 Å². The number of halogens is 1. The van der Waals surface area contributed by atoms with Crippen LogP contribution in [-0.2, 0) is 6.54 Å². The number of anilines is 1. The monoisotopic (exact) mass is 296 g/mol. The third-order valence-corrected chi connectivity index (χ3v) is 2.82. The minimum atomic E-state index is -1.14. The maximum absolute atomic E-state index is 12.1. The Labute approximate surface area is 119 Å². The van der Waals surface area contributed by atoms with Crippen molar-refractivity contribution >= 4 is 29.3 Å². The number of aromatic amines is 1. The maximum Gasteiger partial charge on any atom is 0.353 e. The van der Waals surface area contributed by atoms with Crippen molar-refractivity contribution in [2.24, 2.45) is 0 Å². The van der Waals surface area contributed by atoms with Gasteiger partial charge in [0, 0.05) is 18.8 Å². The first kappa shape index (κ1) is 14.1. The SMILES string of the molecule is CCCn1cc(Cl)cc1C(=O)Nc1cc(C(=O)O)[nH]n1. The van der Waals surface area contributed by atoms with E-state index in [4.69, 9.17) is 16.7 Å². The molecule has 8 heteroatoms. The van der Waals surface area contributed by atoms with Crippen molar-refractivity contribution in [3.63, 3.8) is 0 Å². The highest BCUT2D eigenvalue weighted by Crippen LogP contribution is 2.16. The number of rotatable bonds is 5. The Morgan fingerprint density at radius 2 is 2.25 bits per heavy atom. The van der Waals surface area contributed by atoms with Crippen LogP contribution < -0.4 is 5.32 Å². The Kier molecular flexibility index (Phi) is 4.09. The first-order valence-electron chi connectivity index (χ1n) is 5.97. The fourth-order valence-corrected chi connectivity index (χ4v) is 1.99. The predicted molar refractivity (Wildman–Crippen MR) is 73.2 cm³/mol. The van der Waals surface area contributed by atoms with E-state index in [1.807, 2.05) is 6.92 Å². The lowest BCUT2D eigenvalue weighted by Gasteiger charge is -2.06. The molecule has 0 spiro atoms. The summed E-state index contributed by atoms with van der Waals surface area (Å²) < 4.78 is 1.74. The number of aromatic nitrogens is 3. The van der Waals surface area contributed by atoms with E-state index >= 15 is 0 Å². The number of hydrogen-bond acceptors (Lipinski definition) is 3. The molecule has 0 unspecified atom stereocenters. The van der Waals surface area contributed by atoms with Crippen molar-refractivity contribution in [3.05, 3.63) is 34.7 Å². The lowest BCUT2D eigenvalue weighted by Crippen LogP contribution is -2.17. The molecule has 2 heterocycles. The van der Waals surface area contributed by atoms with E-state index in [-0.39, 0.29) is 11.5 Å². The molecule has 2 aromatic rings. The third kappa shape index (κ3) is 3.00. The Bertz CT molecular complexity index is 647.